The van der Waals surface area contributed by atoms with Crippen molar-refractivity contribution >= 4 is 12.0 Å². The number of hydrogen-bond acceptors (Lipinski definition) is 6. The molecule has 21 heavy (non-hydrogen) atoms. The minimum Gasteiger partial charge on any atom is -0.497 e. The number of ether oxygens (including phenoxy) is 2. The zero-order chi connectivity index (χ0) is 15.1. The van der Waals surface area contributed by atoms with Crippen LogP contribution in [0.2, 0.25) is 0 Å². The van der Waals surface area contributed by atoms with E-state index in [1.165, 1.54) is 24.4 Å². The van der Waals surface area contributed by atoms with Crippen LogP contribution in [0.4, 0.5) is 0 Å². The molecule has 0 amide bonds. The van der Waals surface area contributed by atoms with Gasteiger partial charge in [-0.1, -0.05) is 12.1 Å². The molecule has 1 aromatic carbocycles. The largest absolute Gasteiger partial charge is 0.497 e. The molecule has 112 valence electrons. The van der Waals surface area contributed by atoms with Gasteiger partial charge in [0.1, 0.15) is 31.0 Å². The molecule has 0 saturated carbocycles. The summed E-state index contributed by atoms with van der Waals surface area (Å²) in [4.78, 5) is 11.9. The molecule has 0 N–H and O–H groups in total. The van der Waals surface area contributed by atoms with Gasteiger partial charge in [-0.3, -0.25) is 4.79 Å². The molecule has 1 heterocycles. The van der Waals surface area contributed by atoms with E-state index >= 15 is 0 Å². The summed E-state index contributed by atoms with van der Waals surface area (Å²) in [6.07, 6.45) is 3.11. The van der Waals surface area contributed by atoms with E-state index in [4.69, 9.17) is 18.1 Å². The summed E-state index contributed by atoms with van der Waals surface area (Å²) in [5, 5.41) is 0. The molecule has 2 rings (SSSR count). The Morgan fingerprint density at radius 3 is 2.57 bits per heavy atom. The van der Waals surface area contributed by atoms with Crippen LogP contribution >= 0.6 is 12.0 Å². The molecule has 0 atom stereocenters. The highest BCUT2D eigenvalue weighted by molar-refractivity contribution is 7.93. The first-order valence-electron chi connectivity index (χ1n) is 6.26. The Bertz CT molecular complexity index is 621. The van der Waals surface area contributed by atoms with E-state index in [0.717, 1.165) is 11.3 Å². The molecule has 0 saturated heterocycles. The van der Waals surface area contributed by atoms with Crippen LogP contribution in [-0.4, -0.2) is 13.4 Å². The van der Waals surface area contributed by atoms with Gasteiger partial charge in [0.2, 0.25) is 11.2 Å². The monoisotopic (exact) mass is 308 g/mol. The van der Waals surface area contributed by atoms with Gasteiger partial charge < -0.3 is 18.1 Å². The summed E-state index contributed by atoms with van der Waals surface area (Å²) < 4.78 is 20.9. The standard InChI is InChI=1S/C15H16O5S/c1-17-12-5-3-11(4-6-12)8-19-15-10-18-13(7-14(15)16)9-20-21-2/h3-7,10H,8-9H2,1-2H3. The highest BCUT2D eigenvalue weighted by Crippen LogP contribution is 2.14. The van der Waals surface area contributed by atoms with Gasteiger partial charge in [0, 0.05) is 12.3 Å². The molecular formula is C15H16O5S. The molecule has 0 aliphatic carbocycles. The topological polar surface area (TPSA) is 57.9 Å². The van der Waals surface area contributed by atoms with Crippen molar-refractivity contribution in [2.75, 3.05) is 13.4 Å². The van der Waals surface area contributed by atoms with E-state index in [9.17, 15) is 4.79 Å². The Labute approximate surface area is 127 Å². The Balaban J connectivity index is 1.97. The van der Waals surface area contributed by atoms with Crippen molar-refractivity contribution < 1.29 is 18.1 Å². The summed E-state index contributed by atoms with van der Waals surface area (Å²) in [5.74, 6) is 1.42. The SMILES string of the molecule is COc1ccc(COc2coc(COSC)cc2=O)cc1. The van der Waals surface area contributed by atoms with Crippen molar-refractivity contribution in [2.24, 2.45) is 0 Å². The third kappa shape index (κ3) is 4.54. The van der Waals surface area contributed by atoms with Gasteiger partial charge in [0.25, 0.3) is 0 Å². The lowest BCUT2D eigenvalue weighted by Gasteiger charge is -2.06. The van der Waals surface area contributed by atoms with Crippen molar-refractivity contribution in [3.05, 3.63) is 58.1 Å². The predicted octanol–water partition coefficient (Wildman–Crippen LogP) is 3.02. The molecule has 6 heteroatoms. The van der Waals surface area contributed by atoms with Crippen LogP contribution in [0.5, 0.6) is 11.5 Å². The average Bonchev–Trinajstić information content (AvgIpc) is 2.52. The molecule has 5 nitrogen and oxygen atoms in total. The van der Waals surface area contributed by atoms with Gasteiger partial charge in [-0.05, 0) is 29.7 Å². The predicted molar refractivity (Wildman–Crippen MR) is 80.6 cm³/mol. The minimum absolute atomic E-state index is 0.179. The summed E-state index contributed by atoms with van der Waals surface area (Å²) >= 11 is 1.21. The average molecular weight is 308 g/mol. The summed E-state index contributed by atoms with van der Waals surface area (Å²) in [7, 11) is 1.61. The van der Waals surface area contributed by atoms with Crippen LogP contribution in [0, 0.1) is 0 Å². The van der Waals surface area contributed by atoms with Crippen LogP contribution < -0.4 is 14.9 Å². The molecule has 0 aliphatic heterocycles. The van der Waals surface area contributed by atoms with Crippen molar-refractivity contribution in [3.63, 3.8) is 0 Å². The van der Waals surface area contributed by atoms with Crippen LogP contribution in [-0.2, 0) is 17.4 Å². The van der Waals surface area contributed by atoms with Crippen molar-refractivity contribution in [1.29, 1.82) is 0 Å². The second-order valence-electron chi connectivity index (χ2n) is 4.14. The van der Waals surface area contributed by atoms with E-state index in [0.29, 0.717) is 5.76 Å². The van der Waals surface area contributed by atoms with Gasteiger partial charge in [-0.15, -0.1) is 0 Å². The van der Waals surface area contributed by atoms with Crippen molar-refractivity contribution in [1.82, 2.24) is 0 Å². The van der Waals surface area contributed by atoms with Gasteiger partial charge in [-0.2, -0.15) is 0 Å². The van der Waals surface area contributed by atoms with Gasteiger partial charge in [-0.25, -0.2) is 0 Å². The van der Waals surface area contributed by atoms with Crippen molar-refractivity contribution in [3.8, 4) is 11.5 Å². The molecule has 0 unspecified atom stereocenters. The first kappa shape index (κ1) is 15.5. The zero-order valence-electron chi connectivity index (χ0n) is 11.8. The van der Waals surface area contributed by atoms with Crippen LogP contribution in [0.25, 0.3) is 0 Å². The lowest BCUT2D eigenvalue weighted by Crippen LogP contribution is -2.08. The number of rotatable bonds is 7. The van der Waals surface area contributed by atoms with Crippen molar-refractivity contribution in [2.45, 2.75) is 13.2 Å². The number of hydrogen-bond donors (Lipinski definition) is 0. The molecule has 0 fully saturated rings. The maximum Gasteiger partial charge on any atom is 0.227 e. The first-order chi connectivity index (χ1) is 10.2. The van der Waals surface area contributed by atoms with E-state index in [-0.39, 0.29) is 24.4 Å². The Morgan fingerprint density at radius 2 is 1.95 bits per heavy atom. The fourth-order valence-corrected chi connectivity index (χ4v) is 1.85. The fraction of sp³-hybridized carbons (Fsp3) is 0.267. The van der Waals surface area contributed by atoms with E-state index in [2.05, 4.69) is 0 Å². The lowest BCUT2D eigenvalue weighted by atomic mass is 10.2. The number of methoxy groups -OCH3 is 1. The molecule has 0 radical (unpaired) electrons. The smallest absolute Gasteiger partial charge is 0.227 e. The van der Waals surface area contributed by atoms with E-state index < -0.39 is 0 Å². The first-order valence-corrected chi connectivity index (χ1v) is 7.41. The van der Waals surface area contributed by atoms with E-state index in [1.807, 2.05) is 24.3 Å². The molecule has 0 spiro atoms. The number of benzene rings is 1. The maximum absolute atomic E-state index is 11.9. The summed E-state index contributed by atoms with van der Waals surface area (Å²) in [5.41, 5.74) is 0.708. The normalized spacial score (nSPS) is 10.4. The van der Waals surface area contributed by atoms with Crippen LogP contribution in [0.1, 0.15) is 11.3 Å². The molecular weight excluding hydrogens is 292 g/mol. The molecule has 0 bridgehead atoms. The maximum atomic E-state index is 11.9. The van der Waals surface area contributed by atoms with Crippen LogP contribution in [0.15, 0.2) is 45.8 Å². The summed E-state index contributed by atoms with van der Waals surface area (Å²) in [6, 6.07) is 8.80. The fourth-order valence-electron chi connectivity index (χ4n) is 1.62. The minimum atomic E-state index is -0.227. The highest BCUT2D eigenvalue weighted by atomic mass is 32.2. The summed E-state index contributed by atoms with van der Waals surface area (Å²) in [6.45, 7) is 0.532. The highest BCUT2D eigenvalue weighted by Gasteiger charge is 2.05. The second-order valence-corrected chi connectivity index (χ2v) is 4.71. The third-order valence-electron chi connectivity index (χ3n) is 2.72. The van der Waals surface area contributed by atoms with Crippen LogP contribution in [0.3, 0.4) is 0 Å². The second kappa shape index (κ2) is 7.75. The van der Waals surface area contributed by atoms with Gasteiger partial charge >= 0.3 is 0 Å². The van der Waals surface area contributed by atoms with Gasteiger partial charge in [0.15, 0.2) is 0 Å². The Morgan fingerprint density at radius 1 is 1.19 bits per heavy atom. The molecule has 1 aromatic heterocycles. The molecule has 0 aliphatic rings. The quantitative estimate of drug-likeness (QED) is 0.733. The third-order valence-corrected chi connectivity index (χ3v) is 3.08. The lowest BCUT2D eigenvalue weighted by molar-refractivity contribution is 0.274. The Hall–Kier alpha value is -1.92. The Kier molecular flexibility index (Phi) is 5.71. The zero-order valence-corrected chi connectivity index (χ0v) is 12.6. The molecule has 2 aromatic rings. The van der Waals surface area contributed by atoms with E-state index in [1.54, 1.807) is 13.4 Å². The van der Waals surface area contributed by atoms with Gasteiger partial charge in [0.05, 0.1) is 7.11 Å².